The van der Waals surface area contributed by atoms with E-state index in [-0.39, 0.29) is 18.1 Å². The van der Waals surface area contributed by atoms with Crippen molar-refractivity contribution in [1.82, 2.24) is 4.98 Å². The predicted octanol–water partition coefficient (Wildman–Crippen LogP) is 4.40. The maximum atomic E-state index is 11.2. The number of hydrogen-bond donors (Lipinski definition) is 1. The molecule has 1 aliphatic heterocycles. The highest BCUT2D eigenvalue weighted by molar-refractivity contribution is 7.90. The van der Waals surface area contributed by atoms with Gasteiger partial charge in [-0.25, -0.2) is 13.4 Å². The number of benzene rings is 2. The first-order valence-corrected chi connectivity index (χ1v) is 13.7. The summed E-state index contributed by atoms with van der Waals surface area (Å²) >= 11 is 0. The lowest BCUT2D eigenvalue weighted by Crippen LogP contribution is -2.08. The van der Waals surface area contributed by atoms with Crippen LogP contribution in [0.25, 0.3) is 11.1 Å². The number of nitrogens with zero attached hydrogens (tertiary/aromatic N) is 1. The molecule has 1 aliphatic rings. The van der Waals surface area contributed by atoms with Crippen molar-refractivity contribution in [2.75, 3.05) is 25.2 Å². The summed E-state index contributed by atoms with van der Waals surface area (Å²) in [4.78, 5) is 15.3. The molecule has 0 spiro atoms. The van der Waals surface area contributed by atoms with Crippen LogP contribution < -0.4 is 14.2 Å². The molecule has 190 valence electrons. The number of ether oxygens (including phenoxy) is 3. The number of hydrogen-bond acceptors (Lipinski definition) is 7. The van der Waals surface area contributed by atoms with E-state index < -0.39 is 15.8 Å². The SMILES string of the molecule is Cc1cc(OCCCS(C)(=O)=O)ccc1-c1cccc(COc2cc3c(cn2)[C@H](CC(=O)O)CO3)c1. The molecule has 8 nitrogen and oxygen atoms in total. The van der Waals surface area contributed by atoms with E-state index in [1.165, 1.54) is 6.26 Å². The summed E-state index contributed by atoms with van der Waals surface area (Å²) in [6.07, 6.45) is 3.32. The number of carboxylic acid groups (broad SMARTS) is 1. The Morgan fingerprint density at radius 3 is 2.75 bits per heavy atom. The van der Waals surface area contributed by atoms with Gasteiger partial charge in [-0.05, 0) is 53.8 Å². The summed E-state index contributed by atoms with van der Waals surface area (Å²) in [6.45, 7) is 3.01. The zero-order chi connectivity index (χ0) is 25.7. The van der Waals surface area contributed by atoms with Crippen LogP contribution in [0.2, 0.25) is 0 Å². The standard InChI is InChI=1S/C27H29NO7S/c1-18-11-22(33-9-4-10-36(2,31)32)7-8-23(18)20-6-3-5-19(12-20)16-35-26-14-25-24(15-28-26)21(17-34-25)13-27(29)30/h3,5-8,11-12,14-15,21H,4,9-10,13,16-17H2,1-2H3,(H,29,30)/t21-/m1/s1. The number of aromatic nitrogens is 1. The normalized spacial score (nSPS) is 14.7. The first-order chi connectivity index (χ1) is 17.2. The molecule has 0 aliphatic carbocycles. The lowest BCUT2D eigenvalue weighted by Gasteiger charge is -2.12. The molecule has 1 atom stereocenters. The number of carbonyl (C=O) groups is 1. The van der Waals surface area contributed by atoms with Gasteiger partial charge in [0, 0.05) is 30.0 Å². The van der Waals surface area contributed by atoms with Crippen molar-refractivity contribution < 1.29 is 32.5 Å². The number of sulfone groups is 1. The lowest BCUT2D eigenvalue weighted by molar-refractivity contribution is -0.137. The minimum atomic E-state index is -2.99. The van der Waals surface area contributed by atoms with Crippen molar-refractivity contribution in [3.63, 3.8) is 0 Å². The van der Waals surface area contributed by atoms with Gasteiger partial charge in [0.1, 0.15) is 27.9 Å². The van der Waals surface area contributed by atoms with Crippen LogP contribution in [0.15, 0.2) is 54.7 Å². The average molecular weight is 512 g/mol. The second kappa shape index (κ2) is 11.0. The fraction of sp³-hybridized carbons (Fsp3) is 0.333. The van der Waals surface area contributed by atoms with Gasteiger partial charge in [-0.1, -0.05) is 24.3 Å². The van der Waals surface area contributed by atoms with Gasteiger partial charge < -0.3 is 19.3 Å². The molecule has 0 saturated carbocycles. The van der Waals surface area contributed by atoms with Gasteiger partial charge in [0.05, 0.1) is 25.4 Å². The number of aryl methyl sites for hydroxylation is 1. The molecule has 36 heavy (non-hydrogen) atoms. The average Bonchev–Trinajstić information content (AvgIpc) is 3.21. The first-order valence-electron chi connectivity index (χ1n) is 11.7. The van der Waals surface area contributed by atoms with E-state index in [2.05, 4.69) is 11.1 Å². The van der Waals surface area contributed by atoms with E-state index in [1.807, 2.05) is 43.3 Å². The van der Waals surface area contributed by atoms with Gasteiger partial charge in [-0.15, -0.1) is 0 Å². The second-order valence-corrected chi connectivity index (χ2v) is 11.2. The number of pyridine rings is 1. The van der Waals surface area contributed by atoms with E-state index in [4.69, 9.17) is 19.3 Å². The van der Waals surface area contributed by atoms with Crippen molar-refractivity contribution in [2.45, 2.75) is 32.3 Å². The highest BCUT2D eigenvalue weighted by Crippen LogP contribution is 2.37. The topological polar surface area (TPSA) is 112 Å². The molecule has 0 saturated heterocycles. The largest absolute Gasteiger partial charge is 0.494 e. The molecule has 2 heterocycles. The summed E-state index contributed by atoms with van der Waals surface area (Å²) < 4.78 is 39.7. The third-order valence-corrected chi connectivity index (χ3v) is 6.95. The highest BCUT2D eigenvalue weighted by Gasteiger charge is 2.27. The summed E-state index contributed by atoms with van der Waals surface area (Å²) in [5, 5.41) is 9.04. The maximum absolute atomic E-state index is 11.2. The van der Waals surface area contributed by atoms with Gasteiger partial charge >= 0.3 is 5.97 Å². The van der Waals surface area contributed by atoms with Gasteiger partial charge in [-0.2, -0.15) is 0 Å². The Morgan fingerprint density at radius 1 is 1.17 bits per heavy atom. The van der Waals surface area contributed by atoms with E-state index in [0.717, 1.165) is 27.8 Å². The molecule has 3 aromatic rings. The lowest BCUT2D eigenvalue weighted by atomic mass is 9.99. The van der Waals surface area contributed by atoms with E-state index in [1.54, 1.807) is 12.3 Å². The Balaban J connectivity index is 1.37. The van der Waals surface area contributed by atoms with Crippen molar-refractivity contribution in [2.24, 2.45) is 0 Å². The van der Waals surface area contributed by atoms with Gasteiger partial charge in [-0.3, -0.25) is 4.79 Å². The molecular formula is C27H29NO7S. The number of carboxylic acids is 1. The number of aliphatic carboxylic acids is 1. The Hall–Kier alpha value is -3.59. The zero-order valence-corrected chi connectivity index (χ0v) is 21.1. The van der Waals surface area contributed by atoms with Crippen molar-refractivity contribution in [1.29, 1.82) is 0 Å². The van der Waals surface area contributed by atoms with Crippen molar-refractivity contribution >= 4 is 15.8 Å². The minimum absolute atomic E-state index is 0.0113. The summed E-state index contributed by atoms with van der Waals surface area (Å²) in [5.41, 5.74) is 4.92. The minimum Gasteiger partial charge on any atom is -0.494 e. The Labute approximate surface area is 210 Å². The summed E-state index contributed by atoms with van der Waals surface area (Å²) in [7, 11) is -2.99. The molecule has 0 unspecified atom stereocenters. The van der Waals surface area contributed by atoms with Crippen LogP contribution in [0, 0.1) is 6.92 Å². The van der Waals surface area contributed by atoms with Crippen LogP contribution in [0.3, 0.4) is 0 Å². The highest BCUT2D eigenvalue weighted by atomic mass is 32.2. The van der Waals surface area contributed by atoms with Crippen LogP contribution >= 0.6 is 0 Å². The van der Waals surface area contributed by atoms with Crippen LogP contribution in [0.5, 0.6) is 17.4 Å². The molecule has 0 amide bonds. The van der Waals surface area contributed by atoms with Crippen molar-refractivity contribution in [3.8, 4) is 28.5 Å². The Morgan fingerprint density at radius 2 is 2.00 bits per heavy atom. The van der Waals surface area contributed by atoms with E-state index in [0.29, 0.717) is 43.6 Å². The molecule has 0 bridgehead atoms. The summed E-state index contributed by atoms with van der Waals surface area (Å²) in [6, 6.07) is 15.6. The molecule has 0 fully saturated rings. The van der Waals surface area contributed by atoms with E-state index >= 15 is 0 Å². The van der Waals surface area contributed by atoms with Crippen LogP contribution in [-0.4, -0.2) is 49.7 Å². The molecular weight excluding hydrogens is 482 g/mol. The van der Waals surface area contributed by atoms with Crippen LogP contribution in [0.4, 0.5) is 0 Å². The first kappa shape index (κ1) is 25.5. The molecule has 1 N–H and O–H groups in total. The monoisotopic (exact) mass is 511 g/mol. The third kappa shape index (κ3) is 6.75. The third-order valence-electron chi connectivity index (χ3n) is 5.92. The quantitative estimate of drug-likeness (QED) is 0.377. The number of rotatable bonds is 11. The molecule has 4 rings (SSSR count). The fourth-order valence-electron chi connectivity index (χ4n) is 4.15. The van der Waals surface area contributed by atoms with E-state index in [9.17, 15) is 13.2 Å². The Kier molecular flexibility index (Phi) is 7.79. The Bertz CT molecular complexity index is 1350. The van der Waals surface area contributed by atoms with Crippen LogP contribution in [-0.2, 0) is 21.2 Å². The van der Waals surface area contributed by atoms with Crippen molar-refractivity contribution in [3.05, 3.63) is 71.4 Å². The zero-order valence-electron chi connectivity index (χ0n) is 20.3. The van der Waals surface area contributed by atoms with Crippen LogP contribution in [0.1, 0.15) is 35.4 Å². The number of fused-ring (bicyclic) bond motifs is 1. The molecule has 2 aromatic carbocycles. The predicted molar refractivity (Wildman–Crippen MR) is 135 cm³/mol. The maximum Gasteiger partial charge on any atom is 0.304 e. The smallest absolute Gasteiger partial charge is 0.304 e. The molecule has 1 aromatic heterocycles. The van der Waals surface area contributed by atoms with Gasteiger partial charge in [0.25, 0.3) is 0 Å². The summed E-state index contributed by atoms with van der Waals surface area (Å²) in [5.74, 6) is 0.803. The molecule has 9 heteroatoms. The van der Waals surface area contributed by atoms with Gasteiger partial charge in [0.2, 0.25) is 5.88 Å². The van der Waals surface area contributed by atoms with Gasteiger partial charge in [0.15, 0.2) is 0 Å². The fourth-order valence-corrected chi connectivity index (χ4v) is 4.79. The molecule has 0 radical (unpaired) electrons. The second-order valence-electron chi connectivity index (χ2n) is 8.96.